The summed E-state index contributed by atoms with van der Waals surface area (Å²) < 4.78 is 1.04. The van der Waals surface area contributed by atoms with Gasteiger partial charge in [-0.1, -0.05) is 33.6 Å². The minimum Gasteiger partial charge on any atom is -0.314 e. The van der Waals surface area contributed by atoms with Crippen LogP contribution in [0.3, 0.4) is 0 Å². The van der Waals surface area contributed by atoms with Gasteiger partial charge in [0.25, 0.3) is 0 Å². The average Bonchev–Trinajstić information content (AvgIpc) is 2.92. The molecule has 1 saturated carbocycles. The van der Waals surface area contributed by atoms with Gasteiger partial charge in [0.15, 0.2) is 0 Å². The highest BCUT2D eigenvalue weighted by Gasteiger charge is 2.19. The van der Waals surface area contributed by atoms with Crippen molar-refractivity contribution >= 4 is 27.5 Å². The second-order valence-corrected chi connectivity index (χ2v) is 5.04. The molecule has 1 aromatic carbocycles. The first-order valence-corrected chi connectivity index (χ1v) is 6.10. The zero-order valence-corrected chi connectivity index (χ0v) is 10.2. The molecule has 3 heteroatoms. The van der Waals surface area contributed by atoms with E-state index in [2.05, 4.69) is 27.3 Å². The molecule has 0 atom stereocenters. The second-order valence-electron chi connectivity index (χ2n) is 3.71. The second kappa shape index (κ2) is 4.65. The molecule has 0 unspecified atom stereocenters. The Morgan fingerprint density at radius 3 is 2.86 bits per heavy atom. The molecule has 2 rings (SSSR count). The lowest BCUT2D eigenvalue weighted by molar-refractivity contribution is 0.682. The van der Waals surface area contributed by atoms with Gasteiger partial charge in [-0.3, -0.25) is 0 Å². The highest BCUT2D eigenvalue weighted by Crippen LogP contribution is 2.22. The molecule has 0 aromatic heterocycles. The van der Waals surface area contributed by atoms with Gasteiger partial charge in [0.1, 0.15) is 0 Å². The van der Waals surface area contributed by atoms with E-state index in [0.717, 1.165) is 28.5 Å². The minimum absolute atomic E-state index is 0.782. The van der Waals surface area contributed by atoms with E-state index >= 15 is 0 Å². The van der Waals surface area contributed by atoms with E-state index < -0.39 is 0 Å². The molecule has 0 radical (unpaired) electrons. The standard InChI is InChI=1S/C11H13BrClN/c12-9-2-1-8(11(13)7-9)5-6-14-10-3-4-10/h1-2,7,10,14H,3-6H2. The van der Waals surface area contributed by atoms with Crippen LogP contribution in [0, 0.1) is 0 Å². The van der Waals surface area contributed by atoms with Crippen LogP contribution in [0.5, 0.6) is 0 Å². The molecule has 1 aliphatic carbocycles. The summed E-state index contributed by atoms with van der Waals surface area (Å²) in [6.45, 7) is 1.03. The highest BCUT2D eigenvalue weighted by molar-refractivity contribution is 9.10. The highest BCUT2D eigenvalue weighted by atomic mass is 79.9. The fourth-order valence-corrected chi connectivity index (χ4v) is 2.19. The van der Waals surface area contributed by atoms with Crippen molar-refractivity contribution in [2.45, 2.75) is 25.3 Å². The maximum Gasteiger partial charge on any atom is 0.0449 e. The molecule has 76 valence electrons. The van der Waals surface area contributed by atoms with Crippen LogP contribution in [0.25, 0.3) is 0 Å². The van der Waals surface area contributed by atoms with Crippen LogP contribution < -0.4 is 5.32 Å². The Bertz CT molecular complexity index is 323. The first-order valence-electron chi connectivity index (χ1n) is 4.93. The molecular weight excluding hydrogens is 261 g/mol. The van der Waals surface area contributed by atoms with E-state index in [0.29, 0.717) is 0 Å². The molecule has 1 nitrogen and oxygen atoms in total. The van der Waals surface area contributed by atoms with Gasteiger partial charge in [-0.15, -0.1) is 0 Å². The molecule has 0 saturated heterocycles. The summed E-state index contributed by atoms with van der Waals surface area (Å²) in [7, 11) is 0. The number of hydrogen-bond acceptors (Lipinski definition) is 1. The van der Waals surface area contributed by atoms with Gasteiger partial charge in [-0.05, 0) is 43.5 Å². The van der Waals surface area contributed by atoms with Crippen LogP contribution in [0.1, 0.15) is 18.4 Å². The SMILES string of the molecule is Clc1cc(Br)ccc1CCNC1CC1. The lowest BCUT2D eigenvalue weighted by Crippen LogP contribution is -2.19. The first kappa shape index (κ1) is 10.5. The Balaban J connectivity index is 1.87. The molecule has 0 amide bonds. The fourth-order valence-electron chi connectivity index (χ4n) is 1.42. The molecule has 1 aliphatic rings. The summed E-state index contributed by atoms with van der Waals surface area (Å²) in [6, 6.07) is 6.86. The van der Waals surface area contributed by atoms with Gasteiger partial charge in [0.05, 0.1) is 0 Å². The number of benzene rings is 1. The zero-order chi connectivity index (χ0) is 9.97. The van der Waals surface area contributed by atoms with E-state index in [1.165, 1.54) is 18.4 Å². The van der Waals surface area contributed by atoms with E-state index in [-0.39, 0.29) is 0 Å². The summed E-state index contributed by atoms with van der Waals surface area (Å²) in [6.07, 6.45) is 3.70. The van der Waals surface area contributed by atoms with Gasteiger partial charge in [-0.25, -0.2) is 0 Å². The third-order valence-corrected chi connectivity index (χ3v) is 3.26. The predicted molar refractivity (Wildman–Crippen MR) is 63.9 cm³/mol. The van der Waals surface area contributed by atoms with Crippen LogP contribution in [-0.4, -0.2) is 12.6 Å². The van der Waals surface area contributed by atoms with Gasteiger partial charge in [0.2, 0.25) is 0 Å². The Morgan fingerprint density at radius 2 is 2.21 bits per heavy atom. The number of halogens is 2. The lowest BCUT2D eigenvalue weighted by atomic mass is 10.1. The fraction of sp³-hybridized carbons (Fsp3) is 0.455. The van der Waals surface area contributed by atoms with Crippen molar-refractivity contribution in [3.63, 3.8) is 0 Å². The molecule has 1 N–H and O–H groups in total. The van der Waals surface area contributed by atoms with Crippen molar-refractivity contribution < 1.29 is 0 Å². The third-order valence-electron chi connectivity index (χ3n) is 2.42. The summed E-state index contributed by atoms with van der Waals surface area (Å²) in [5.74, 6) is 0. The Kier molecular flexibility index (Phi) is 3.47. The number of rotatable bonds is 4. The summed E-state index contributed by atoms with van der Waals surface area (Å²) in [5.41, 5.74) is 1.23. The maximum absolute atomic E-state index is 6.10. The lowest BCUT2D eigenvalue weighted by Gasteiger charge is -2.05. The normalized spacial score (nSPS) is 15.9. The summed E-state index contributed by atoms with van der Waals surface area (Å²) >= 11 is 9.50. The predicted octanol–water partition coefficient (Wildman–Crippen LogP) is 3.40. The quantitative estimate of drug-likeness (QED) is 0.887. The average molecular weight is 275 g/mol. The first-order chi connectivity index (χ1) is 6.75. The smallest absolute Gasteiger partial charge is 0.0449 e. The molecule has 14 heavy (non-hydrogen) atoms. The monoisotopic (exact) mass is 273 g/mol. The van der Waals surface area contributed by atoms with Crippen molar-refractivity contribution in [3.8, 4) is 0 Å². The molecule has 0 heterocycles. The van der Waals surface area contributed by atoms with Gasteiger partial charge < -0.3 is 5.32 Å². The Labute approximate surface area is 98.0 Å². The number of nitrogens with one attached hydrogen (secondary N) is 1. The Hall–Kier alpha value is -0.0500. The van der Waals surface area contributed by atoms with Gasteiger partial charge in [0, 0.05) is 15.5 Å². The maximum atomic E-state index is 6.10. The van der Waals surface area contributed by atoms with Gasteiger partial charge >= 0.3 is 0 Å². The minimum atomic E-state index is 0.782. The molecule has 1 aromatic rings. The molecule has 0 aliphatic heterocycles. The van der Waals surface area contributed by atoms with Crippen LogP contribution in [0.4, 0.5) is 0 Å². The van der Waals surface area contributed by atoms with E-state index in [1.807, 2.05) is 12.1 Å². The van der Waals surface area contributed by atoms with Crippen LogP contribution in [-0.2, 0) is 6.42 Å². The Morgan fingerprint density at radius 1 is 1.43 bits per heavy atom. The molecule has 0 spiro atoms. The van der Waals surface area contributed by atoms with Gasteiger partial charge in [-0.2, -0.15) is 0 Å². The van der Waals surface area contributed by atoms with Crippen LogP contribution in [0.2, 0.25) is 5.02 Å². The van der Waals surface area contributed by atoms with Crippen molar-refractivity contribution in [1.29, 1.82) is 0 Å². The topological polar surface area (TPSA) is 12.0 Å². The largest absolute Gasteiger partial charge is 0.314 e. The summed E-state index contributed by atoms with van der Waals surface area (Å²) in [5, 5.41) is 4.33. The van der Waals surface area contributed by atoms with Crippen LogP contribution in [0.15, 0.2) is 22.7 Å². The van der Waals surface area contributed by atoms with Crippen molar-refractivity contribution in [2.24, 2.45) is 0 Å². The van der Waals surface area contributed by atoms with E-state index in [9.17, 15) is 0 Å². The number of hydrogen-bond donors (Lipinski definition) is 1. The van der Waals surface area contributed by atoms with Crippen molar-refractivity contribution in [3.05, 3.63) is 33.3 Å². The van der Waals surface area contributed by atoms with Crippen LogP contribution >= 0.6 is 27.5 Å². The zero-order valence-electron chi connectivity index (χ0n) is 7.89. The molecule has 0 bridgehead atoms. The summed E-state index contributed by atoms with van der Waals surface area (Å²) in [4.78, 5) is 0. The van der Waals surface area contributed by atoms with E-state index in [4.69, 9.17) is 11.6 Å². The third kappa shape index (κ3) is 2.97. The van der Waals surface area contributed by atoms with E-state index in [1.54, 1.807) is 0 Å². The molecular formula is C11H13BrClN. The van der Waals surface area contributed by atoms with Crippen molar-refractivity contribution in [2.75, 3.05) is 6.54 Å². The molecule has 1 fully saturated rings. The van der Waals surface area contributed by atoms with Crippen molar-refractivity contribution in [1.82, 2.24) is 5.32 Å².